The summed E-state index contributed by atoms with van der Waals surface area (Å²) in [5, 5.41) is 13.5. The van der Waals surface area contributed by atoms with Crippen molar-refractivity contribution in [1.29, 1.82) is 0 Å². The van der Waals surface area contributed by atoms with Crippen molar-refractivity contribution in [3.05, 3.63) is 96.1 Å². The lowest BCUT2D eigenvalue weighted by atomic mass is 10.1. The maximum atomic E-state index is 6.03. The maximum Gasteiger partial charge on any atom is 0.268 e. The van der Waals surface area contributed by atoms with Crippen molar-refractivity contribution in [3.63, 3.8) is 0 Å². The molecule has 0 spiro atoms. The molecule has 6 rings (SSSR count). The van der Waals surface area contributed by atoms with E-state index in [9.17, 15) is 0 Å². The van der Waals surface area contributed by atoms with Gasteiger partial charge in [-0.3, -0.25) is 0 Å². The normalized spacial score (nSPS) is 12.0. The minimum Gasteiger partial charge on any atom is -0.415 e. The molecule has 0 N–H and O–H groups in total. The zero-order valence-corrected chi connectivity index (χ0v) is 15.5. The molecular weight excluding hydrogens is 360 g/mol. The molecule has 0 amide bonds. The molecule has 0 saturated carbocycles. The van der Waals surface area contributed by atoms with E-state index in [1.54, 1.807) is 0 Å². The van der Waals surface area contributed by atoms with Crippen molar-refractivity contribution in [2.75, 3.05) is 0 Å². The van der Waals surface area contributed by atoms with Crippen LogP contribution in [0.25, 0.3) is 40.0 Å². The van der Waals surface area contributed by atoms with E-state index in [0.717, 1.165) is 34.6 Å². The van der Waals surface area contributed by atoms with Crippen molar-refractivity contribution in [2.24, 2.45) is 0 Å². The van der Waals surface area contributed by atoms with Crippen LogP contribution < -0.4 is 0 Å². The van der Waals surface area contributed by atoms with Crippen LogP contribution in [0.1, 0.15) is 11.1 Å². The van der Waals surface area contributed by atoms with E-state index >= 15 is 0 Å². The van der Waals surface area contributed by atoms with Crippen molar-refractivity contribution >= 4 is 0 Å². The highest BCUT2D eigenvalue weighted by Crippen LogP contribution is 2.42. The monoisotopic (exact) mass is 376 g/mol. The molecule has 0 radical (unpaired) electrons. The first-order chi connectivity index (χ1) is 14.4. The van der Waals surface area contributed by atoms with E-state index < -0.39 is 0 Å². The van der Waals surface area contributed by atoms with Gasteiger partial charge >= 0.3 is 0 Å². The highest BCUT2D eigenvalue weighted by molar-refractivity contribution is 5.81. The Kier molecular flexibility index (Phi) is 3.46. The van der Waals surface area contributed by atoms with Crippen LogP contribution >= 0.6 is 0 Å². The Bertz CT molecular complexity index is 1320. The zero-order valence-electron chi connectivity index (χ0n) is 15.5. The predicted molar refractivity (Wildman–Crippen MR) is 111 cm³/mol. The second kappa shape index (κ2) is 6.27. The molecule has 3 aromatic carbocycles. The number of rotatable bonds is 3. The Morgan fingerprint density at radius 1 is 0.724 bits per heavy atom. The predicted octanol–water partition coefficient (Wildman–Crippen LogP) is 5.16. The molecule has 138 valence electrons. The van der Waals surface area contributed by atoms with Gasteiger partial charge in [-0.25, -0.2) is 4.68 Å². The lowest BCUT2D eigenvalue weighted by molar-refractivity contribution is 0.580. The molecule has 0 atom stereocenters. The lowest BCUT2D eigenvalue weighted by Gasteiger charge is -2.07. The second-order valence-electron chi connectivity index (χ2n) is 7.04. The third-order valence-electron chi connectivity index (χ3n) is 5.27. The summed E-state index contributed by atoms with van der Waals surface area (Å²) in [7, 11) is 0. The lowest BCUT2D eigenvalue weighted by Crippen LogP contribution is -1.99. The van der Waals surface area contributed by atoms with Crippen LogP contribution in [0.5, 0.6) is 0 Å². The summed E-state index contributed by atoms with van der Waals surface area (Å²) >= 11 is 0. The zero-order chi connectivity index (χ0) is 19.2. The topological polar surface area (TPSA) is 56.7 Å². The average Bonchev–Trinajstić information content (AvgIpc) is 3.49. The standard InChI is InChI=1S/C24H16N4O/c1-3-9-16(10-4-1)23-25-26-24(29-23)21-20-15-17-11-7-8-14-19(17)22(20)28(27-21)18-12-5-2-6-13-18/h1-14H,15H2. The molecular formula is C24H16N4O. The summed E-state index contributed by atoms with van der Waals surface area (Å²) in [4.78, 5) is 0. The number of nitrogens with zero attached hydrogens (tertiary/aromatic N) is 4. The fraction of sp³-hybridized carbons (Fsp3) is 0.0417. The van der Waals surface area contributed by atoms with Crippen molar-refractivity contribution in [1.82, 2.24) is 20.0 Å². The summed E-state index contributed by atoms with van der Waals surface area (Å²) in [6.07, 6.45) is 0.802. The number of hydrogen-bond donors (Lipinski definition) is 0. The first-order valence-electron chi connectivity index (χ1n) is 9.53. The molecule has 5 heteroatoms. The molecule has 29 heavy (non-hydrogen) atoms. The Hall–Kier alpha value is -3.99. The van der Waals surface area contributed by atoms with Crippen molar-refractivity contribution in [2.45, 2.75) is 6.42 Å². The maximum absolute atomic E-state index is 6.03. The summed E-state index contributed by atoms with van der Waals surface area (Å²) in [6.45, 7) is 0. The van der Waals surface area contributed by atoms with E-state index in [4.69, 9.17) is 9.52 Å². The van der Waals surface area contributed by atoms with Crippen LogP contribution in [-0.2, 0) is 6.42 Å². The third-order valence-corrected chi connectivity index (χ3v) is 5.27. The van der Waals surface area contributed by atoms with E-state index in [2.05, 4.69) is 46.6 Å². The number of hydrogen-bond acceptors (Lipinski definition) is 4. The molecule has 0 bridgehead atoms. The fourth-order valence-electron chi connectivity index (χ4n) is 3.93. The highest BCUT2D eigenvalue weighted by atomic mass is 16.4. The van der Waals surface area contributed by atoms with Crippen LogP contribution in [0, 0.1) is 0 Å². The van der Waals surface area contributed by atoms with Gasteiger partial charge in [0.25, 0.3) is 5.89 Å². The minimum absolute atomic E-state index is 0.447. The highest BCUT2D eigenvalue weighted by Gasteiger charge is 2.30. The van der Waals surface area contributed by atoms with E-state index in [1.165, 1.54) is 11.1 Å². The van der Waals surface area contributed by atoms with Gasteiger partial charge in [0.1, 0.15) is 0 Å². The number of fused-ring (bicyclic) bond motifs is 3. The Balaban J connectivity index is 1.54. The van der Waals surface area contributed by atoms with Gasteiger partial charge in [-0.2, -0.15) is 5.10 Å². The molecule has 2 heterocycles. The fourth-order valence-corrected chi connectivity index (χ4v) is 3.93. The van der Waals surface area contributed by atoms with Gasteiger partial charge in [0.15, 0.2) is 5.69 Å². The Labute approximate surface area is 167 Å². The molecule has 2 aromatic heterocycles. The van der Waals surface area contributed by atoms with Crippen LogP contribution in [-0.4, -0.2) is 20.0 Å². The van der Waals surface area contributed by atoms with Gasteiger partial charge in [0, 0.05) is 23.1 Å². The van der Waals surface area contributed by atoms with E-state index in [-0.39, 0.29) is 0 Å². The molecule has 0 unspecified atom stereocenters. The van der Waals surface area contributed by atoms with Gasteiger partial charge in [-0.1, -0.05) is 60.7 Å². The molecule has 0 saturated heterocycles. The quantitative estimate of drug-likeness (QED) is 0.428. The SMILES string of the molecule is c1ccc(-c2nnc(-c3nn(-c4ccccc4)c4c3Cc3ccccc3-4)o2)cc1. The molecule has 0 fully saturated rings. The van der Waals surface area contributed by atoms with Gasteiger partial charge in [-0.15, -0.1) is 10.2 Å². The van der Waals surface area contributed by atoms with Crippen LogP contribution in [0.15, 0.2) is 89.3 Å². The second-order valence-corrected chi connectivity index (χ2v) is 7.04. The van der Waals surface area contributed by atoms with E-state index in [1.807, 2.05) is 53.2 Å². The number of aromatic nitrogens is 4. The van der Waals surface area contributed by atoms with Gasteiger partial charge in [-0.05, 0) is 29.8 Å². The van der Waals surface area contributed by atoms with Gasteiger partial charge in [0.05, 0.1) is 11.4 Å². The average molecular weight is 376 g/mol. The molecule has 5 nitrogen and oxygen atoms in total. The summed E-state index contributed by atoms with van der Waals surface area (Å²) in [6, 6.07) is 28.4. The summed E-state index contributed by atoms with van der Waals surface area (Å²) in [5.41, 5.74) is 7.36. The first-order valence-corrected chi connectivity index (χ1v) is 9.53. The summed E-state index contributed by atoms with van der Waals surface area (Å²) < 4.78 is 8.02. The Morgan fingerprint density at radius 2 is 1.41 bits per heavy atom. The Morgan fingerprint density at radius 3 is 2.24 bits per heavy atom. The molecule has 1 aliphatic rings. The third kappa shape index (κ3) is 2.51. The van der Waals surface area contributed by atoms with Crippen LogP contribution in [0.3, 0.4) is 0 Å². The van der Waals surface area contributed by atoms with Gasteiger partial charge in [0.2, 0.25) is 5.89 Å². The van der Waals surface area contributed by atoms with Crippen molar-refractivity contribution < 1.29 is 4.42 Å². The largest absolute Gasteiger partial charge is 0.415 e. The van der Waals surface area contributed by atoms with Crippen molar-refractivity contribution in [3.8, 4) is 40.0 Å². The number of para-hydroxylation sites is 1. The molecule has 0 aliphatic heterocycles. The summed E-state index contributed by atoms with van der Waals surface area (Å²) in [5.74, 6) is 0.946. The van der Waals surface area contributed by atoms with Crippen LogP contribution in [0.4, 0.5) is 0 Å². The smallest absolute Gasteiger partial charge is 0.268 e. The molecule has 1 aliphatic carbocycles. The van der Waals surface area contributed by atoms with E-state index in [0.29, 0.717) is 11.8 Å². The molecule has 5 aromatic rings. The minimum atomic E-state index is 0.447. The van der Waals surface area contributed by atoms with Crippen LogP contribution in [0.2, 0.25) is 0 Å². The van der Waals surface area contributed by atoms with Gasteiger partial charge < -0.3 is 4.42 Å². The number of benzene rings is 3. The first kappa shape index (κ1) is 16.0.